The summed E-state index contributed by atoms with van der Waals surface area (Å²) < 4.78 is 5.39. The summed E-state index contributed by atoms with van der Waals surface area (Å²) in [6, 6.07) is 18.4. The number of rotatable bonds is 5. The van der Waals surface area contributed by atoms with Gasteiger partial charge in [0.25, 0.3) is 0 Å². The van der Waals surface area contributed by atoms with E-state index in [0.717, 1.165) is 58.7 Å². The number of methoxy groups -OCH3 is 1. The van der Waals surface area contributed by atoms with Crippen molar-refractivity contribution in [2.45, 2.75) is 30.7 Å². The van der Waals surface area contributed by atoms with E-state index < -0.39 is 0 Å². The van der Waals surface area contributed by atoms with Gasteiger partial charge in [-0.3, -0.25) is 4.79 Å². The van der Waals surface area contributed by atoms with Crippen LogP contribution in [0.2, 0.25) is 0 Å². The van der Waals surface area contributed by atoms with Gasteiger partial charge in [-0.1, -0.05) is 54.9 Å². The Hall–Kier alpha value is -2.53. The smallest absolute Gasteiger partial charge is 0.232 e. The maximum absolute atomic E-state index is 12.7. The normalized spacial score (nSPS) is 14.6. The third kappa shape index (κ3) is 4.73. The van der Waals surface area contributed by atoms with Crippen LogP contribution in [-0.2, 0) is 4.79 Å². The molecule has 1 fully saturated rings. The topological polar surface area (TPSA) is 42.4 Å². The second-order valence-corrected chi connectivity index (χ2v) is 8.34. The summed E-state index contributed by atoms with van der Waals surface area (Å²) >= 11 is 1.52. The molecule has 0 aliphatic carbocycles. The van der Waals surface area contributed by atoms with E-state index in [0.29, 0.717) is 5.75 Å². The molecule has 1 aliphatic rings. The highest BCUT2D eigenvalue weighted by Gasteiger charge is 2.17. The first-order chi connectivity index (χ1) is 14.2. The van der Waals surface area contributed by atoms with Gasteiger partial charge in [0, 0.05) is 24.5 Å². The summed E-state index contributed by atoms with van der Waals surface area (Å²) in [7, 11) is 1.66. The van der Waals surface area contributed by atoms with Crippen molar-refractivity contribution >= 4 is 28.6 Å². The predicted molar refractivity (Wildman–Crippen MR) is 120 cm³/mol. The third-order valence-corrected chi connectivity index (χ3v) is 6.28. The summed E-state index contributed by atoms with van der Waals surface area (Å²) in [5.74, 6) is 1.42. The molecule has 0 radical (unpaired) electrons. The molecule has 0 atom stereocenters. The average Bonchev–Trinajstić information content (AvgIpc) is 3.06. The lowest BCUT2D eigenvalue weighted by atomic mass is 10.0. The predicted octanol–water partition coefficient (Wildman–Crippen LogP) is 5.41. The monoisotopic (exact) mass is 406 g/mol. The molecule has 29 heavy (non-hydrogen) atoms. The van der Waals surface area contributed by atoms with Gasteiger partial charge in [0.2, 0.25) is 5.91 Å². The van der Waals surface area contributed by atoms with Crippen molar-refractivity contribution < 1.29 is 9.53 Å². The van der Waals surface area contributed by atoms with Gasteiger partial charge in [0.15, 0.2) is 0 Å². The van der Waals surface area contributed by atoms with Crippen LogP contribution in [0.15, 0.2) is 59.6 Å². The number of amides is 1. The van der Waals surface area contributed by atoms with Gasteiger partial charge >= 0.3 is 0 Å². The Balaban J connectivity index is 1.62. The van der Waals surface area contributed by atoms with E-state index in [1.54, 1.807) is 7.11 Å². The van der Waals surface area contributed by atoms with E-state index in [1.165, 1.54) is 24.6 Å². The number of thioether (sulfide) groups is 1. The van der Waals surface area contributed by atoms with Crippen LogP contribution in [-0.4, -0.2) is 41.7 Å². The van der Waals surface area contributed by atoms with Crippen molar-refractivity contribution in [3.63, 3.8) is 0 Å². The first kappa shape index (κ1) is 19.8. The summed E-state index contributed by atoms with van der Waals surface area (Å²) in [6.45, 7) is 1.77. The lowest BCUT2D eigenvalue weighted by Gasteiger charge is -2.20. The van der Waals surface area contributed by atoms with Crippen LogP contribution in [0.4, 0.5) is 0 Å². The van der Waals surface area contributed by atoms with Crippen LogP contribution < -0.4 is 4.74 Å². The van der Waals surface area contributed by atoms with Gasteiger partial charge in [-0.15, -0.1) is 0 Å². The molecule has 1 saturated heterocycles. The van der Waals surface area contributed by atoms with Gasteiger partial charge in [-0.25, -0.2) is 4.98 Å². The minimum atomic E-state index is 0.214. The number of aromatic nitrogens is 1. The molecule has 2 aromatic carbocycles. The zero-order valence-electron chi connectivity index (χ0n) is 16.8. The van der Waals surface area contributed by atoms with E-state index in [9.17, 15) is 4.79 Å². The Bertz CT molecular complexity index is 983. The fraction of sp³-hybridized carbons (Fsp3) is 0.333. The number of benzene rings is 2. The Morgan fingerprint density at radius 3 is 2.52 bits per heavy atom. The maximum Gasteiger partial charge on any atom is 0.232 e. The number of pyridine rings is 1. The summed E-state index contributed by atoms with van der Waals surface area (Å²) in [4.78, 5) is 19.5. The van der Waals surface area contributed by atoms with E-state index in [4.69, 9.17) is 9.72 Å². The second kappa shape index (κ2) is 9.31. The molecule has 4 nitrogen and oxygen atoms in total. The molecule has 1 aliphatic heterocycles. The molecule has 0 N–H and O–H groups in total. The number of fused-ring (bicyclic) bond motifs is 1. The lowest BCUT2D eigenvalue weighted by molar-refractivity contribution is -0.128. The van der Waals surface area contributed by atoms with Crippen molar-refractivity contribution in [2.75, 3.05) is 26.0 Å². The van der Waals surface area contributed by atoms with Crippen LogP contribution in [0.25, 0.3) is 22.0 Å². The first-order valence-electron chi connectivity index (χ1n) is 10.2. The average molecular weight is 407 g/mol. The van der Waals surface area contributed by atoms with E-state index in [2.05, 4.69) is 24.3 Å². The van der Waals surface area contributed by atoms with Crippen molar-refractivity contribution in [3.05, 3.63) is 54.6 Å². The molecule has 4 rings (SSSR count). The van der Waals surface area contributed by atoms with Crippen LogP contribution >= 0.6 is 11.8 Å². The molecule has 0 unspecified atom stereocenters. The van der Waals surface area contributed by atoms with E-state index in [-0.39, 0.29) is 5.91 Å². The van der Waals surface area contributed by atoms with Crippen molar-refractivity contribution in [1.29, 1.82) is 0 Å². The minimum Gasteiger partial charge on any atom is -0.497 e. The lowest BCUT2D eigenvalue weighted by Crippen LogP contribution is -2.33. The second-order valence-electron chi connectivity index (χ2n) is 7.34. The van der Waals surface area contributed by atoms with Crippen LogP contribution in [0, 0.1) is 0 Å². The number of hydrogen-bond donors (Lipinski definition) is 0. The van der Waals surface area contributed by atoms with Gasteiger partial charge < -0.3 is 9.64 Å². The largest absolute Gasteiger partial charge is 0.497 e. The number of carbonyl (C=O) groups is 1. The van der Waals surface area contributed by atoms with Crippen LogP contribution in [0.3, 0.4) is 0 Å². The summed E-state index contributed by atoms with van der Waals surface area (Å²) in [5, 5.41) is 1.95. The molecule has 0 bridgehead atoms. The molecule has 1 aromatic heterocycles. The highest BCUT2D eigenvalue weighted by atomic mass is 32.2. The highest BCUT2D eigenvalue weighted by molar-refractivity contribution is 7.99. The Morgan fingerprint density at radius 1 is 1.03 bits per heavy atom. The molecular formula is C24H26N2O2S. The molecule has 150 valence electrons. The zero-order chi connectivity index (χ0) is 20.1. The van der Waals surface area contributed by atoms with Crippen LogP contribution in [0.5, 0.6) is 5.75 Å². The fourth-order valence-electron chi connectivity index (χ4n) is 3.79. The van der Waals surface area contributed by atoms with E-state index >= 15 is 0 Å². The number of ether oxygens (including phenoxy) is 1. The van der Waals surface area contributed by atoms with Crippen molar-refractivity contribution in [1.82, 2.24) is 9.88 Å². The minimum absolute atomic E-state index is 0.214. The number of carbonyl (C=O) groups excluding carboxylic acids is 1. The molecular weight excluding hydrogens is 380 g/mol. The van der Waals surface area contributed by atoms with Crippen molar-refractivity contribution in [2.24, 2.45) is 0 Å². The number of nitrogens with zero attached hydrogens (tertiary/aromatic N) is 2. The van der Waals surface area contributed by atoms with Gasteiger partial charge in [-0.05, 0) is 42.2 Å². The third-order valence-electron chi connectivity index (χ3n) is 5.38. The van der Waals surface area contributed by atoms with Gasteiger partial charge in [0.05, 0.1) is 23.4 Å². The number of hydrogen-bond acceptors (Lipinski definition) is 4. The van der Waals surface area contributed by atoms with E-state index in [1.807, 2.05) is 35.2 Å². The summed E-state index contributed by atoms with van der Waals surface area (Å²) in [6.07, 6.45) is 4.68. The Kier molecular flexibility index (Phi) is 6.35. The summed E-state index contributed by atoms with van der Waals surface area (Å²) in [5.41, 5.74) is 3.16. The quantitative estimate of drug-likeness (QED) is 0.532. The molecule has 1 amide bonds. The standard InChI is InChI=1S/C24H26N2O2S/c1-28-19-11-12-20-21(18-9-5-4-6-10-18)16-23(25-22(20)15-19)29-17-24(27)26-13-7-2-3-8-14-26/h4-6,9-12,15-16H,2-3,7-8,13-14,17H2,1H3. The molecule has 0 saturated carbocycles. The number of likely N-dealkylation sites (tertiary alicyclic amines) is 1. The highest BCUT2D eigenvalue weighted by Crippen LogP contribution is 2.33. The molecule has 5 heteroatoms. The Labute approximate surface area is 176 Å². The molecule has 0 spiro atoms. The Morgan fingerprint density at radius 2 is 1.79 bits per heavy atom. The van der Waals surface area contributed by atoms with Crippen LogP contribution in [0.1, 0.15) is 25.7 Å². The first-order valence-corrected chi connectivity index (χ1v) is 11.2. The zero-order valence-corrected chi connectivity index (χ0v) is 17.6. The fourth-order valence-corrected chi connectivity index (χ4v) is 4.61. The van der Waals surface area contributed by atoms with Gasteiger partial charge in [-0.2, -0.15) is 0 Å². The van der Waals surface area contributed by atoms with Gasteiger partial charge in [0.1, 0.15) is 5.75 Å². The molecule has 2 heterocycles. The molecule has 3 aromatic rings. The maximum atomic E-state index is 12.7. The SMILES string of the molecule is COc1ccc2c(-c3ccccc3)cc(SCC(=O)N3CCCCCC3)nc2c1. The van der Waals surface area contributed by atoms with Crippen molar-refractivity contribution in [3.8, 4) is 16.9 Å².